The van der Waals surface area contributed by atoms with Crippen molar-refractivity contribution >= 4 is 0 Å². The van der Waals surface area contributed by atoms with E-state index in [1.165, 1.54) is 16.7 Å². The van der Waals surface area contributed by atoms with E-state index < -0.39 is 0 Å². The lowest BCUT2D eigenvalue weighted by Crippen LogP contribution is -2.17. The standard InChI is InChI=1S/C15H20N2O/c1-11-6-4-5-7-14(11)8-9-16-10-15-12(2)17-18-13(15)3/h4-7,16H,8-10H2,1-3H3. The molecule has 0 spiro atoms. The lowest BCUT2D eigenvalue weighted by Gasteiger charge is -2.07. The minimum atomic E-state index is 0.826. The summed E-state index contributed by atoms with van der Waals surface area (Å²) in [5, 5.41) is 7.40. The lowest BCUT2D eigenvalue weighted by atomic mass is 10.1. The Kier molecular flexibility index (Phi) is 4.15. The van der Waals surface area contributed by atoms with Crippen molar-refractivity contribution in [3.05, 3.63) is 52.4 Å². The minimum absolute atomic E-state index is 0.826. The summed E-state index contributed by atoms with van der Waals surface area (Å²) in [4.78, 5) is 0. The zero-order chi connectivity index (χ0) is 13.0. The third-order valence-electron chi connectivity index (χ3n) is 3.32. The molecule has 0 unspecified atom stereocenters. The van der Waals surface area contributed by atoms with Gasteiger partial charge in [0.15, 0.2) is 0 Å². The molecule has 0 atom stereocenters. The first-order valence-corrected chi connectivity index (χ1v) is 6.35. The van der Waals surface area contributed by atoms with E-state index in [0.717, 1.165) is 31.0 Å². The first-order valence-electron chi connectivity index (χ1n) is 6.35. The zero-order valence-corrected chi connectivity index (χ0v) is 11.3. The average molecular weight is 244 g/mol. The molecule has 1 aromatic carbocycles. The summed E-state index contributed by atoms with van der Waals surface area (Å²) in [7, 11) is 0. The van der Waals surface area contributed by atoms with E-state index in [2.05, 4.69) is 41.7 Å². The van der Waals surface area contributed by atoms with E-state index in [4.69, 9.17) is 4.52 Å². The largest absolute Gasteiger partial charge is 0.361 e. The molecule has 0 radical (unpaired) electrons. The van der Waals surface area contributed by atoms with E-state index in [9.17, 15) is 0 Å². The summed E-state index contributed by atoms with van der Waals surface area (Å²) in [6, 6.07) is 8.52. The molecule has 0 aliphatic rings. The van der Waals surface area contributed by atoms with Crippen LogP contribution in [0.1, 0.15) is 28.1 Å². The summed E-state index contributed by atoms with van der Waals surface area (Å²) in [5.74, 6) is 0.913. The van der Waals surface area contributed by atoms with Crippen LogP contribution in [-0.4, -0.2) is 11.7 Å². The number of nitrogens with one attached hydrogen (secondary N) is 1. The van der Waals surface area contributed by atoms with E-state index >= 15 is 0 Å². The van der Waals surface area contributed by atoms with E-state index in [0.29, 0.717) is 0 Å². The van der Waals surface area contributed by atoms with Gasteiger partial charge in [-0.25, -0.2) is 0 Å². The SMILES string of the molecule is Cc1ccccc1CCNCc1c(C)noc1C. The number of hydrogen-bond acceptors (Lipinski definition) is 3. The second-order valence-electron chi connectivity index (χ2n) is 4.66. The topological polar surface area (TPSA) is 38.1 Å². The van der Waals surface area contributed by atoms with Crippen molar-refractivity contribution < 1.29 is 4.52 Å². The Morgan fingerprint density at radius 2 is 1.94 bits per heavy atom. The third kappa shape index (κ3) is 2.99. The normalized spacial score (nSPS) is 10.8. The fraction of sp³-hybridized carbons (Fsp3) is 0.400. The Morgan fingerprint density at radius 1 is 1.17 bits per heavy atom. The highest BCUT2D eigenvalue weighted by Crippen LogP contribution is 2.11. The molecule has 2 rings (SSSR count). The Balaban J connectivity index is 1.82. The van der Waals surface area contributed by atoms with Gasteiger partial charge in [-0.1, -0.05) is 29.4 Å². The van der Waals surface area contributed by atoms with Crippen LogP contribution >= 0.6 is 0 Å². The van der Waals surface area contributed by atoms with Crippen molar-refractivity contribution in [2.75, 3.05) is 6.54 Å². The third-order valence-corrected chi connectivity index (χ3v) is 3.32. The molecule has 1 aromatic heterocycles. The Morgan fingerprint density at radius 3 is 2.61 bits per heavy atom. The van der Waals surface area contributed by atoms with Gasteiger partial charge >= 0.3 is 0 Å². The maximum Gasteiger partial charge on any atom is 0.138 e. The highest BCUT2D eigenvalue weighted by molar-refractivity contribution is 5.26. The molecule has 3 heteroatoms. The fourth-order valence-corrected chi connectivity index (χ4v) is 2.08. The van der Waals surface area contributed by atoms with Crippen molar-refractivity contribution in [1.29, 1.82) is 0 Å². The van der Waals surface area contributed by atoms with Gasteiger partial charge in [-0.05, 0) is 44.9 Å². The van der Waals surface area contributed by atoms with Crippen molar-refractivity contribution in [3.63, 3.8) is 0 Å². The van der Waals surface area contributed by atoms with Crippen LogP contribution in [0.4, 0.5) is 0 Å². The van der Waals surface area contributed by atoms with Crippen LogP contribution in [0, 0.1) is 20.8 Å². The Labute approximate surface area is 108 Å². The second kappa shape index (κ2) is 5.83. The van der Waals surface area contributed by atoms with Gasteiger partial charge in [0, 0.05) is 12.1 Å². The molecule has 0 amide bonds. The number of aromatic nitrogens is 1. The number of benzene rings is 1. The molecule has 3 nitrogen and oxygen atoms in total. The van der Waals surface area contributed by atoms with Gasteiger partial charge in [-0.3, -0.25) is 0 Å². The minimum Gasteiger partial charge on any atom is -0.361 e. The van der Waals surface area contributed by atoms with Crippen LogP contribution in [-0.2, 0) is 13.0 Å². The van der Waals surface area contributed by atoms with Crippen molar-refractivity contribution in [2.24, 2.45) is 0 Å². The van der Waals surface area contributed by atoms with Crippen LogP contribution < -0.4 is 5.32 Å². The second-order valence-corrected chi connectivity index (χ2v) is 4.66. The molecular weight excluding hydrogens is 224 g/mol. The monoisotopic (exact) mass is 244 g/mol. The van der Waals surface area contributed by atoms with Gasteiger partial charge in [-0.15, -0.1) is 0 Å². The molecule has 2 aromatic rings. The number of nitrogens with zero attached hydrogens (tertiary/aromatic N) is 1. The summed E-state index contributed by atoms with van der Waals surface area (Å²) in [6.07, 6.45) is 1.05. The highest BCUT2D eigenvalue weighted by atomic mass is 16.5. The van der Waals surface area contributed by atoms with E-state index in [-0.39, 0.29) is 0 Å². The van der Waals surface area contributed by atoms with Crippen molar-refractivity contribution in [3.8, 4) is 0 Å². The van der Waals surface area contributed by atoms with Gasteiger partial charge in [0.2, 0.25) is 0 Å². The lowest BCUT2D eigenvalue weighted by molar-refractivity contribution is 0.392. The molecular formula is C15H20N2O. The van der Waals surface area contributed by atoms with Crippen LogP contribution in [0.5, 0.6) is 0 Å². The maximum absolute atomic E-state index is 5.14. The van der Waals surface area contributed by atoms with Crippen molar-refractivity contribution in [2.45, 2.75) is 33.7 Å². The van der Waals surface area contributed by atoms with Gasteiger partial charge in [0.05, 0.1) is 5.69 Å². The Bertz CT molecular complexity index is 497. The molecule has 1 heterocycles. The number of hydrogen-bond donors (Lipinski definition) is 1. The summed E-state index contributed by atoms with van der Waals surface area (Å²) >= 11 is 0. The van der Waals surface area contributed by atoms with Gasteiger partial charge in [-0.2, -0.15) is 0 Å². The highest BCUT2D eigenvalue weighted by Gasteiger charge is 2.07. The number of rotatable bonds is 5. The van der Waals surface area contributed by atoms with Gasteiger partial charge in [0.25, 0.3) is 0 Å². The van der Waals surface area contributed by atoms with Crippen molar-refractivity contribution in [1.82, 2.24) is 10.5 Å². The smallest absolute Gasteiger partial charge is 0.138 e. The fourth-order valence-electron chi connectivity index (χ4n) is 2.08. The molecule has 96 valence electrons. The van der Waals surface area contributed by atoms with Crippen LogP contribution in [0.2, 0.25) is 0 Å². The summed E-state index contributed by atoms with van der Waals surface area (Å²) < 4.78 is 5.14. The molecule has 0 aliphatic carbocycles. The molecule has 0 fully saturated rings. The van der Waals surface area contributed by atoms with Crippen LogP contribution in [0.3, 0.4) is 0 Å². The van der Waals surface area contributed by atoms with Crippen LogP contribution in [0.25, 0.3) is 0 Å². The molecule has 0 aliphatic heterocycles. The summed E-state index contributed by atoms with van der Waals surface area (Å²) in [6.45, 7) is 7.89. The zero-order valence-electron chi connectivity index (χ0n) is 11.3. The molecule has 0 saturated heterocycles. The molecule has 1 N–H and O–H groups in total. The quantitative estimate of drug-likeness (QED) is 0.822. The van der Waals surface area contributed by atoms with Gasteiger partial charge in [0.1, 0.15) is 5.76 Å². The molecule has 0 saturated carbocycles. The summed E-state index contributed by atoms with van der Waals surface area (Å²) in [5.41, 5.74) is 4.93. The maximum atomic E-state index is 5.14. The predicted octanol–water partition coefficient (Wildman–Crippen LogP) is 2.93. The molecule has 18 heavy (non-hydrogen) atoms. The molecule has 0 bridgehead atoms. The van der Waals surface area contributed by atoms with E-state index in [1.807, 2.05) is 13.8 Å². The van der Waals surface area contributed by atoms with Gasteiger partial charge < -0.3 is 9.84 Å². The average Bonchev–Trinajstić information content (AvgIpc) is 2.67. The van der Waals surface area contributed by atoms with E-state index in [1.54, 1.807) is 0 Å². The van der Waals surface area contributed by atoms with Crippen LogP contribution in [0.15, 0.2) is 28.8 Å². The number of aryl methyl sites for hydroxylation is 3. The Hall–Kier alpha value is -1.61. The first kappa shape index (κ1) is 12.8. The predicted molar refractivity (Wildman–Crippen MR) is 72.6 cm³/mol. The first-order chi connectivity index (χ1) is 8.68.